The Kier molecular flexibility index (Phi) is 7.95. The van der Waals surface area contributed by atoms with Crippen molar-refractivity contribution in [3.8, 4) is 5.75 Å². The molecule has 1 aliphatic rings. The minimum Gasteiger partial charge on any atom is -0.493 e. The molecule has 0 amide bonds. The lowest BCUT2D eigenvalue weighted by Gasteiger charge is -2.34. The van der Waals surface area contributed by atoms with Crippen molar-refractivity contribution in [1.29, 1.82) is 0 Å². The number of aliphatic imine (C=N–C) groups is 1. The minimum atomic E-state index is 0.0708. The third kappa shape index (κ3) is 6.04. The highest BCUT2D eigenvalue weighted by molar-refractivity contribution is 6.34. The summed E-state index contributed by atoms with van der Waals surface area (Å²) in [5, 5.41) is 13.4. The van der Waals surface area contributed by atoms with E-state index in [1.165, 1.54) is 0 Å². The van der Waals surface area contributed by atoms with Gasteiger partial charge in [-0.25, -0.2) is 0 Å². The molecule has 1 aliphatic heterocycles. The molecule has 0 aromatic heterocycles. The van der Waals surface area contributed by atoms with Crippen molar-refractivity contribution in [2.45, 2.75) is 19.8 Å². The van der Waals surface area contributed by atoms with E-state index in [1.54, 1.807) is 18.2 Å². The lowest BCUT2D eigenvalue weighted by atomic mass is 9.98. The molecular weight excluding hydrogens is 349 g/mol. The fourth-order valence-corrected chi connectivity index (χ4v) is 3.23. The van der Waals surface area contributed by atoms with Gasteiger partial charge in [-0.05, 0) is 43.9 Å². The maximum Gasteiger partial charge on any atom is 0.193 e. The van der Waals surface area contributed by atoms with Gasteiger partial charge in [0, 0.05) is 29.7 Å². The van der Waals surface area contributed by atoms with Gasteiger partial charge < -0.3 is 20.1 Å². The summed E-state index contributed by atoms with van der Waals surface area (Å²) < 4.78 is 5.85. The molecule has 0 atom stereocenters. The first-order valence-electron chi connectivity index (χ1n) is 8.35. The molecule has 0 saturated carbocycles. The summed E-state index contributed by atoms with van der Waals surface area (Å²) in [7, 11) is 0. The van der Waals surface area contributed by atoms with E-state index in [9.17, 15) is 0 Å². The van der Waals surface area contributed by atoms with E-state index in [0.29, 0.717) is 34.9 Å². The summed E-state index contributed by atoms with van der Waals surface area (Å²) in [6.45, 7) is 5.90. The highest BCUT2D eigenvalue weighted by Gasteiger charge is 2.22. The fourth-order valence-electron chi connectivity index (χ4n) is 2.72. The van der Waals surface area contributed by atoms with E-state index >= 15 is 0 Å². The number of halogens is 2. The van der Waals surface area contributed by atoms with E-state index < -0.39 is 0 Å². The number of nitrogens with zero attached hydrogens (tertiary/aromatic N) is 2. The summed E-state index contributed by atoms with van der Waals surface area (Å²) in [5.74, 6) is 2.10. The van der Waals surface area contributed by atoms with Crippen LogP contribution >= 0.6 is 23.2 Å². The Morgan fingerprint density at radius 2 is 1.96 bits per heavy atom. The molecule has 134 valence electrons. The summed E-state index contributed by atoms with van der Waals surface area (Å²) >= 11 is 12.0. The van der Waals surface area contributed by atoms with Crippen molar-refractivity contribution < 1.29 is 9.84 Å². The van der Waals surface area contributed by atoms with Crippen LogP contribution in [0, 0.1) is 5.92 Å². The molecule has 5 nitrogen and oxygen atoms in total. The molecule has 0 radical (unpaired) electrons. The molecule has 0 unspecified atom stereocenters. The van der Waals surface area contributed by atoms with Gasteiger partial charge in [0.15, 0.2) is 5.96 Å². The first-order valence-corrected chi connectivity index (χ1v) is 9.11. The van der Waals surface area contributed by atoms with E-state index in [0.717, 1.165) is 38.4 Å². The molecule has 1 aromatic carbocycles. The van der Waals surface area contributed by atoms with Gasteiger partial charge in [0.2, 0.25) is 0 Å². The zero-order chi connectivity index (χ0) is 17.4. The molecule has 7 heteroatoms. The van der Waals surface area contributed by atoms with Crippen LogP contribution in [-0.2, 0) is 0 Å². The van der Waals surface area contributed by atoms with Crippen LogP contribution in [0.4, 0.5) is 0 Å². The molecule has 2 N–H and O–H groups in total. The van der Waals surface area contributed by atoms with Crippen LogP contribution in [0.25, 0.3) is 0 Å². The largest absolute Gasteiger partial charge is 0.493 e. The minimum absolute atomic E-state index is 0.0708. The van der Waals surface area contributed by atoms with Crippen LogP contribution in [0.2, 0.25) is 10.0 Å². The fraction of sp³-hybridized carbons (Fsp3) is 0.588. The Balaban J connectivity index is 1.81. The number of benzene rings is 1. The molecule has 1 aromatic rings. The molecule has 2 rings (SSSR count). The average Bonchev–Trinajstić information content (AvgIpc) is 2.56. The van der Waals surface area contributed by atoms with Crippen LogP contribution in [0.15, 0.2) is 23.2 Å². The summed E-state index contributed by atoms with van der Waals surface area (Å²) in [4.78, 5) is 6.66. The van der Waals surface area contributed by atoms with Gasteiger partial charge in [-0.3, -0.25) is 4.99 Å². The molecule has 0 spiro atoms. The first kappa shape index (κ1) is 19.2. The normalized spacial score (nSPS) is 16.3. The predicted molar refractivity (Wildman–Crippen MR) is 99.3 cm³/mol. The van der Waals surface area contributed by atoms with Crippen molar-refractivity contribution in [2.24, 2.45) is 10.9 Å². The highest BCUT2D eigenvalue weighted by Crippen LogP contribution is 2.25. The number of hydrogen-bond acceptors (Lipinski definition) is 3. The van der Waals surface area contributed by atoms with Crippen molar-refractivity contribution in [1.82, 2.24) is 10.2 Å². The maximum absolute atomic E-state index is 8.95. The zero-order valence-electron chi connectivity index (χ0n) is 14.0. The number of likely N-dealkylation sites (tertiary alicyclic amines) is 1. The monoisotopic (exact) mass is 373 g/mol. The predicted octanol–water partition coefficient (Wildman–Crippen LogP) is 3.04. The topological polar surface area (TPSA) is 57.1 Å². The number of guanidine groups is 1. The molecule has 1 saturated heterocycles. The van der Waals surface area contributed by atoms with Crippen molar-refractivity contribution in [3.63, 3.8) is 0 Å². The van der Waals surface area contributed by atoms with Crippen molar-refractivity contribution in [3.05, 3.63) is 28.2 Å². The van der Waals surface area contributed by atoms with E-state index in [2.05, 4.69) is 15.2 Å². The molecule has 0 aliphatic carbocycles. The Hall–Kier alpha value is -1.17. The molecule has 0 bridgehead atoms. The van der Waals surface area contributed by atoms with E-state index in [1.807, 2.05) is 6.92 Å². The standard InChI is InChI=1S/C17H25Cl2N3O2/c1-2-20-17(21-5-8-23)22-6-3-13(4-7-22)12-24-16-10-14(18)9-15(19)11-16/h9-11,13,23H,2-8,12H2,1H3,(H,20,21). The van der Waals surface area contributed by atoms with E-state index in [-0.39, 0.29) is 6.61 Å². The highest BCUT2D eigenvalue weighted by atomic mass is 35.5. The van der Waals surface area contributed by atoms with Gasteiger partial charge >= 0.3 is 0 Å². The number of aliphatic hydroxyl groups excluding tert-OH is 1. The molecular formula is C17H25Cl2N3O2. The molecule has 1 fully saturated rings. The van der Waals surface area contributed by atoms with Crippen LogP contribution in [0.3, 0.4) is 0 Å². The number of nitrogens with one attached hydrogen (secondary N) is 1. The van der Waals surface area contributed by atoms with Crippen LogP contribution in [0.1, 0.15) is 19.8 Å². The number of piperidine rings is 1. The first-order chi connectivity index (χ1) is 11.6. The Morgan fingerprint density at radius 1 is 1.29 bits per heavy atom. The second-order valence-electron chi connectivity index (χ2n) is 5.81. The van der Waals surface area contributed by atoms with Crippen LogP contribution < -0.4 is 10.1 Å². The van der Waals surface area contributed by atoms with Crippen LogP contribution in [0.5, 0.6) is 5.75 Å². The molecule has 1 heterocycles. The average molecular weight is 374 g/mol. The summed E-state index contributed by atoms with van der Waals surface area (Å²) in [6.07, 6.45) is 2.08. The third-order valence-corrected chi connectivity index (χ3v) is 4.37. The van der Waals surface area contributed by atoms with Gasteiger partial charge in [0.05, 0.1) is 19.8 Å². The van der Waals surface area contributed by atoms with Crippen molar-refractivity contribution >= 4 is 29.2 Å². The van der Waals surface area contributed by atoms with Gasteiger partial charge in [0.1, 0.15) is 5.75 Å². The van der Waals surface area contributed by atoms with E-state index in [4.69, 9.17) is 33.0 Å². The zero-order valence-corrected chi connectivity index (χ0v) is 15.5. The molecule has 24 heavy (non-hydrogen) atoms. The van der Waals surface area contributed by atoms with Crippen LogP contribution in [-0.4, -0.2) is 55.4 Å². The van der Waals surface area contributed by atoms with Gasteiger partial charge in [-0.2, -0.15) is 0 Å². The van der Waals surface area contributed by atoms with Gasteiger partial charge in [0.25, 0.3) is 0 Å². The Labute approximate surface area is 153 Å². The summed E-state index contributed by atoms with van der Waals surface area (Å²) in [5.41, 5.74) is 0. The number of ether oxygens (including phenoxy) is 1. The van der Waals surface area contributed by atoms with Gasteiger partial charge in [-0.15, -0.1) is 0 Å². The maximum atomic E-state index is 8.95. The second-order valence-corrected chi connectivity index (χ2v) is 6.68. The SMILES string of the molecule is CCNC(=NCCO)N1CCC(COc2cc(Cl)cc(Cl)c2)CC1. The number of aliphatic hydroxyl groups is 1. The second kappa shape index (κ2) is 9.97. The lowest BCUT2D eigenvalue weighted by molar-refractivity contribution is 0.179. The smallest absolute Gasteiger partial charge is 0.193 e. The van der Waals surface area contributed by atoms with Crippen molar-refractivity contribution in [2.75, 3.05) is 39.4 Å². The quantitative estimate of drug-likeness (QED) is 0.594. The number of hydrogen-bond donors (Lipinski definition) is 2. The number of rotatable bonds is 6. The third-order valence-electron chi connectivity index (χ3n) is 3.93. The Morgan fingerprint density at radius 3 is 2.54 bits per heavy atom. The summed E-state index contributed by atoms with van der Waals surface area (Å²) in [6, 6.07) is 5.27. The lowest BCUT2D eigenvalue weighted by Crippen LogP contribution is -2.46. The van der Waals surface area contributed by atoms with Gasteiger partial charge in [-0.1, -0.05) is 23.2 Å². The Bertz CT molecular complexity index is 526.